The van der Waals surface area contributed by atoms with Gasteiger partial charge in [0.2, 0.25) is 5.91 Å². The molecule has 1 saturated heterocycles. The molecule has 0 radical (unpaired) electrons. The average Bonchev–Trinajstić information content (AvgIpc) is 3.56. The smallest absolute Gasteiger partial charge is 0.326 e. The summed E-state index contributed by atoms with van der Waals surface area (Å²) in [5.41, 5.74) is 1.02. The number of amides is 1. The number of piperazine rings is 1. The van der Waals surface area contributed by atoms with Crippen LogP contribution < -0.4 is 5.32 Å². The van der Waals surface area contributed by atoms with Crippen LogP contribution in [0.1, 0.15) is 43.4 Å². The number of carbonyl (C=O) groups is 1. The van der Waals surface area contributed by atoms with Crippen molar-refractivity contribution in [2.45, 2.75) is 50.4 Å². The van der Waals surface area contributed by atoms with Crippen LogP contribution in [-0.4, -0.2) is 52.4 Å². The summed E-state index contributed by atoms with van der Waals surface area (Å²) in [5, 5.41) is 2.94. The predicted octanol–water partition coefficient (Wildman–Crippen LogP) is 4.56. The molecule has 4 rings (SSSR count). The van der Waals surface area contributed by atoms with Crippen molar-refractivity contribution in [1.82, 2.24) is 14.8 Å². The first-order chi connectivity index (χ1) is 15.3. The van der Waals surface area contributed by atoms with Gasteiger partial charge in [0.1, 0.15) is 5.69 Å². The van der Waals surface area contributed by atoms with Gasteiger partial charge in [0.15, 0.2) is 0 Å². The number of halogens is 3. The van der Waals surface area contributed by atoms with Gasteiger partial charge >= 0.3 is 6.18 Å². The van der Waals surface area contributed by atoms with Gasteiger partial charge in [-0.25, -0.2) is 0 Å². The number of nitrogens with one attached hydrogen (secondary N) is 1. The third kappa shape index (κ3) is 5.86. The molecule has 2 aliphatic rings. The third-order valence-electron chi connectivity index (χ3n) is 6.50. The summed E-state index contributed by atoms with van der Waals surface area (Å²) >= 11 is 0. The van der Waals surface area contributed by atoms with E-state index in [1.54, 1.807) is 0 Å². The van der Waals surface area contributed by atoms with E-state index in [0.29, 0.717) is 13.0 Å². The molecule has 1 aliphatic carbocycles. The fourth-order valence-electron chi connectivity index (χ4n) is 4.52. The first-order valence-electron chi connectivity index (χ1n) is 11.2. The van der Waals surface area contributed by atoms with Gasteiger partial charge in [0.25, 0.3) is 0 Å². The van der Waals surface area contributed by atoms with Crippen LogP contribution in [0, 0.1) is 0 Å². The van der Waals surface area contributed by atoms with Crippen LogP contribution in [0.2, 0.25) is 0 Å². The van der Waals surface area contributed by atoms with Crippen LogP contribution in [0.5, 0.6) is 0 Å². The van der Waals surface area contributed by atoms with Crippen molar-refractivity contribution in [3.63, 3.8) is 0 Å². The van der Waals surface area contributed by atoms with Gasteiger partial charge in [0, 0.05) is 56.6 Å². The van der Waals surface area contributed by atoms with Crippen LogP contribution in [0.15, 0.2) is 48.7 Å². The van der Waals surface area contributed by atoms with Crippen LogP contribution >= 0.6 is 0 Å². The number of para-hydroxylation sites is 1. The Morgan fingerprint density at radius 1 is 1.03 bits per heavy atom. The summed E-state index contributed by atoms with van der Waals surface area (Å²) in [5.74, 6) is 0.0574. The Morgan fingerprint density at radius 3 is 2.34 bits per heavy atom. The summed E-state index contributed by atoms with van der Waals surface area (Å²) in [7, 11) is 0. The van der Waals surface area contributed by atoms with Crippen molar-refractivity contribution in [3.8, 4) is 0 Å². The molecule has 1 aliphatic heterocycles. The Kier molecular flexibility index (Phi) is 6.81. The lowest BCUT2D eigenvalue weighted by Crippen LogP contribution is -2.51. The molecule has 2 aromatic rings. The van der Waals surface area contributed by atoms with E-state index in [2.05, 4.69) is 20.1 Å². The molecule has 8 heteroatoms. The van der Waals surface area contributed by atoms with E-state index >= 15 is 0 Å². The van der Waals surface area contributed by atoms with Crippen molar-refractivity contribution < 1.29 is 18.0 Å². The maximum atomic E-state index is 12.7. The second-order valence-corrected chi connectivity index (χ2v) is 8.80. The lowest BCUT2D eigenvalue weighted by atomic mass is 10.0. The van der Waals surface area contributed by atoms with Crippen molar-refractivity contribution in [1.29, 1.82) is 0 Å². The van der Waals surface area contributed by atoms with E-state index in [1.165, 1.54) is 25.1 Å². The van der Waals surface area contributed by atoms with Crippen molar-refractivity contribution >= 4 is 11.6 Å². The van der Waals surface area contributed by atoms with Gasteiger partial charge in [-0.3, -0.25) is 19.6 Å². The maximum Gasteiger partial charge on any atom is 0.433 e. The summed E-state index contributed by atoms with van der Waals surface area (Å²) in [6, 6.07) is 12.1. The number of aromatic nitrogens is 1. The zero-order chi connectivity index (χ0) is 22.6. The predicted molar refractivity (Wildman–Crippen MR) is 117 cm³/mol. The number of alkyl halides is 3. The van der Waals surface area contributed by atoms with E-state index < -0.39 is 11.9 Å². The molecular weight excluding hydrogens is 417 g/mol. The molecular formula is C24H29F3N4O. The van der Waals surface area contributed by atoms with Crippen LogP contribution in [-0.2, 0) is 17.5 Å². The van der Waals surface area contributed by atoms with Gasteiger partial charge in [-0.2, -0.15) is 13.2 Å². The Labute approximate surface area is 186 Å². The molecule has 0 bridgehead atoms. The SMILES string of the molecule is O=C(CCCC1(N2CCN(Cc3ccc(C(F)(F)F)nc3)CC2)CC1)Nc1ccccc1. The number of benzene rings is 1. The Bertz CT molecular complexity index is 890. The molecule has 2 heterocycles. The van der Waals surface area contributed by atoms with E-state index in [0.717, 1.165) is 56.3 Å². The van der Waals surface area contributed by atoms with E-state index in [1.807, 2.05) is 30.3 Å². The van der Waals surface area contributed by atoms with Gasteiger partial charge in [-0.05, 0) is 49.4 Å². The summed E-state index contributed by atoms with van der Waals surface area (Å²) in [6.45, 7) is 4.29. The average molecular weight is 447 g/mol. The number of hydrogen-bond donors (Lipinski definition) is 1. The standard InChI is InChI=1S/C24H29F3N4O/c25-24(26,27)21-9-8-19(17-28-21)18-30-13-15-31(16-14-30)23(11-12-23)10-4-7-22(32)29-20-5-2-1-3-6-20/h1-3,5-6,8-9,17H,4,7,10-16,18H2,(H,29,32). The largest absolute Gasteiger partial charge is 0.433 e. The number of hydrogen-bond acceptors (Lipinski definition) is 4. The lowest BCUT2D eigenvalue weighted by Gasteiger charge is -2.40. The molecule has 1 amide bonds. The first kappa shape index (κ1) is 22.7. The second kappa shape index (κ2) is 9.58. The van der Waals surface area contributed by atoms with Crippen molar-refractivity contribution in [3.05, 3.63) is 59.9 Å². The minimum atomic E-state index is -4.40. The quantitative estimate of drug-likeness (QED) is 0.646. The summed E-state index contributed by atoms with van der Waals surface area (Å²) in [6.07, 6.45) is 1.71. The maximum absolute atomic E-state index is 12.7. The molecule has 1 aromatic carbocycles. The van der Waals surface area contributed by atoms with E-state index in [4.69, 9.17) is 0 Å². The summed E-state index contributed by atoms with van der Waals surface area (Å²) in [4.78, 5) is 20.6. The highest BCUT2D eigenvalue weighted by atomic mass is 19.4. The second-order valence-electron chi connectivity index (χ2n) is 8.80. The van der Waals surface area contributed by atoms with Crippen LogP contribution in [0.3, 0.4) is 0 Å². The number of pyridine rings is 1. The molecule has 1 saturated carbocycles. The number of rotatable bonds is 8. The number of nitrogens with zero attached hydrogens (tertiary/aromatic N) is 3. The third-order valence-corrected chi connectivity index (χ3v) is 6.50. The molecule has 0 atom stereocenters. The van der Waals surface area contributed by atoms with Gasteiger partial charge in [-0.1, -0.05) is 24.3 Å². The van der Waals surface area contributed by atoms with Crippen molar-refractivity contribution in [2.75, 3.05) is 31.5 Å². The highest BCUT2D eigenvalue weighted by molar-refractivity contribution is 5.90. The molecule has 1 N–H and O–H groups in total. The molecule has 172 valence electrons. The molecule has 5 nitrogen and oxygen atoms in total. The zero-order valence-electron chi connectivity index (χ0n) is 18.1. The minimum absolute atomic E-state index is 0.0574. The first-order valence-corrected chi connectivity index (χ1v) is 11.2. The highest BCUT2D eigenvalue weighted by Gasteiger charge is 2.47. The van der Waals surface area contributed by atoms with Crippen LogP contribution in [0.25, 0.3) is 0 Å². The molecule has 2 fully saturated rings. The molecule has 0 unspecified atom stereocenters. The fourth-order valence-corrected chi connectivity index (χ4v) is 4.52. The minimum Gasteiger partial charge on any atom is -0.326 e. The van der Waals surface area contributed by atoms with E-state index in [9.17, 15) is 18.0 Å². The topological polar surface area (TPSA) is 48.5 Å². The van der Waals surface area contributed by atoms with Gasteiger partial charge in [0.05, 0.1) is 0 Å². The zero-order valence-corrected chi connectivity index (χ0v) is 18.1. The van der Waals surface area contributed by atoms with Gasteiger partial charge in [-0.15, -0.1) is 0 Å². The van der Waals surface area contributed by atoms with Gasteiger partial charge < -0.3 is 5.32 Å². The Balaban J connectivity index is 1.19. The lowest BCUT2D eigenvalue weighted by molar-refractivity contribution is -0.141. The fraction of sp³-hybridized carbons (Fsp3) is 0.500. The Hall–Kier alpha value is -2.45. The Morgan fingerprint density at radius 2 is 1.75 bits per heavy atom. The normalized spacial score (nSPS) is 19.0. The monoisotopic (exact) mass is 446 g/mol. The number of anilines is 1. The molecule has 0 spiro atoms. The highest BCUT2D eigenvalue weighted by Crippen LogP contribution is 2.46. The molecule has 1 aromatic heterocycles. The summed E-state index contributed by atoms with van der Waals surface area (Å²) < 4.78 is 38.0. The van der Waals surface area contributed by atoms with Crippen molar-refractivity contribution in [2.24, 2.45) is 0 Å². The number of carbonyl (C=O) groups excluding carboxylic acids is 1. The van der Waals surface area contributed by atoms with E-state index in [-0.39, 0.29) is 11.4 Å². The van der Waals surface area contributed by atoms with Crippen LogP contribution in [0.4, 0.5) is 18.9 Å². The molecule has 32 heavy (non-hydrogen) atoms.